The molecule has 1 atom stereocenters. The largest absolute Gasteiger partial charge is 0.243 e. The third-order valence-corrected chi connectivity index (χ3v) is 7.41. The molecule has 3 nitrogen and oxygen atoms in total. The van der Waals surface area contributed by atoms with Gasteiger partial charge in [-0.3, -0.25) is 0 Å². The van der Waals surface area contributed by atoms with Crippen molar-refractivity contribution in [2.75, 3.05) is 6.54 Å². The van der Waals surface area contributed by atoms with Crippen molar-refractivity contribution >= 4 is 16.1 Å². The Balaban J connectivity index is 2.10. The maximum absolute atomic E-state index is 13.5. The smallest absolute Gasteiger partial charge is 0.207 e. The standard InChI is InChI=1S/C24H29NO2S/c1-18(2)15-21-17-25(28(26,27)22-13-11-19(3)12-14-22)24(4,5)23(21)16-20-9-7-6-8-10-20/h6-16,21H,17H2,1-5H3/b23-16-. The maximum atomic E-state index is 13.5. The first-order chi connectivity index (χ1) is 13.1. The highest BCUT2D eigenvalue weighted by molar-refractivity contribution is 7.89. The maximum Gasteiger partial charge on any atom is 0.243 e. The number of allylic oxidation sites excluding steroid dienone is 1. The highest BCUT2D eigenvalue weighted by atomic mass is 32.2. The van der Waals surface area contributed by atoms with Crippen LogP contribution in [0.25, 0.3) is 6.08 Å². The second-order valence-electron chi connectivity index (χ2n) is 8.27. The predicted octanol–water partition coefficient (Wildman–Crippen LogP) is 5.44. The van der Waals surface area contributed by atoms with E-state index in [1.54, 1.807) is 16.4 Å². The van der Waals surface area contributed by atoms with Gasteiger partial charge in [-0.15, -0.1) is 0 Å². The highest BCUT2D eigenvalue weighted by Gasteiger charge is 2.48. The second kappa shape index (κ2) is 7.69. The summed E-state index contributed by atoms with van der Waals surface area (Å²) in [6, 6.07) is 17.2. The Morgan fingerprint density at radius 1 is 1.04 bits per heavy atom. The van der Waals surface area contributed by atoms with Gasteiger partial charge in [0.1, 0.15) is 0 Å². The van der Waals surface area contributed by atoms with Crippen LogP contribution in [0.1, 0.15) is 38.8 Å². The van der Waals surface area contributed by atoms with Gasteiger partial charge >= 0.3 is 0 Å². The van der Waals surface area contributed by atoms with Crippen LogP contribution in [-0.4, -0.2) is 24.8 Å². The summed E-state index contributed by atoms with van der Waals surface area (Å²) in [6.45, 7) is 10.5. The minimum Gasteiger partial charge on any atom is -0.207 e. The summed E-state index contributed by atoms with van der Waals surface area (Å²) in [5.74, 6) is 0.0560. The summed E-state index contributed by atoms with van der Waals surface area (Å²) in [5, 5.41) is 0. The molecule has 1 unspecified atom stereocenters. The molecule has 2 aromatic carbocycles. The molecule has 0 amide bonds. The van der Waals surface area contributed by atoms with E-state index >= 15 is 0 Å². The zero-order valence-corrected chi connectivity index (χ0v) is 18.1. The Hall–Kier alpha value is -2.17. The van der Waals surface area contributed by atoms with Gasteiger partial charge < -0.3 is 0 Å². The quantitative estimate of drug-likeness (QED) is 0.646. The Kier molecular flexibility index (Phi) is 5.64. The van der Waals surface area contributed by atoms with Crippen molar-refractivity contribution in [1.82, 2.24) is 4.31 Å². The third-order valence-electron chi connectivity index (χ3n) is 5.36. The number of aryl methyl sites for hydroxylation is 1. The zero-order chi connectivity index (χ0) is 20.5. The molecule has 0 aromatic heterocycles. The van der Waals surface area contributed by atoms with Crippen molar-refractivity contribution < 1.29 is 8.42 Å². The van der Waals surface area contributed by atoms with Crippen LogP contribution in [0, 0.1) is 12.8 Å². The molecule has 148 valence electrons. The Bertz CT molecular complexity index is 996. The molecule has 1 saturated heterocycles. The number of sulfonamides is 1. The molecule has 0 radical (unpaired) electrons. The van der Waals surface area contributed by atoms with E-state index in [0.29, 0.717) is 11.4 Å². The van der Waals surface area contributed by atoms with Crippen LogP contribution in [0.3, 0.4) is 0 Å². The number of rotatable bonds is 4. The van der Waals surface area contributed by atoms with E-state index in [2.05, 4.69) is 38.1 Å². The minimum atomic E-state index is -3.59. The first kappa shape index (κ1) is 20.6. The van der Waals surface area contributed by atoms with Gasteiger partial charge in [0.15, 0.2) is 0 Å². The monoisotopic (exact) mass is 395 g/mol. The average molecular weight is 396 g/mol. The summed E-state index contributed by atoms with van der Waals surface area (Å²) in [6.07, 6.45) is 4.33. The van der Waals surface area contributed by atoms with Crippen LogP contribution < -0.4 is 0 Å². The Labute approximate surface area is 169 Å². The molecule has 1 aliphatic heterocycles. The molecule has 1 aliphatic rings. The van der Waals surface area contributed by atoms with Crippen molar-refractivity contribution in [3.63, 3.8) is 0 Å². The number of hydrogen-bond acceptors (Lipinski definition) is 2. The van der Waals surface area contributed by atoms with Gasteiger partial charge in [0.2, 0.25) is 10.0 Å². The lowest BCUT2D eigenvalue weighted by Gasteiger charge is -2.32. The highest BCUT2D eigenvalue weighted by Crippen LogP contribution is 2.43. The molecule has 1 heterocycles. The molecule has 0 N–H and O–H groups in total. The predicted molar refractivity (Wildman–Crippen MR) is 116 cm³/mol. The van der Waals surface area contributed by atoms with Crippen LogP contribution in [0.5, 0.6) is 0 Å². The van der Waals surface area contributed by atoms with E-state index in [4.69, 9.17) is 0 Å². The molecule has 28 heavy (non-hydrogen) atoms. The molecule has 2 aromatic rings. The molecule has 0 bridgehead atoms. The average Bonchev–Trinajstić information content (AvgIpc) is 2.87. The van der Waals surface area contributed by atoms with Crippen LogP contribution in [0.2, 0.25) is 0 Å². The Morgan fingerprint density at radius 2 is 1.64 bits per heavy atom. The van der Waals surface area contributed by atoms with Gasteiger partial charge in [-0.2, -0.15) is 4.31 Å². The second-order valence-corrected chi connectivity index (χ2v) is 10.1. The summed E-state index contributed by atoms with van der Waals surface area (Å²) in [4.78, 5) is 0.350. The van der Waals surface area contributed by atoms with Gasteiger partial charge in [-0.05, 0) is 57.9 Å². The van der Waals surface area contributed by atoms with Crippen LogP contribution >= 0.6 is 0 Å². The molecular weight excluding hydrogens is 366 g/mol. The Morgan fingerprint density at radius 3 is 2.21 bits per heavy atom. The van der Waals surface area contributed by atoms with Crippen molar-refractivity contribution in [1.29, 1.82) is 0 Å². The third kappa shape index (κ3) is 3.98. The van der Waals surface area contributed by atoms with Gasteiger partial charge in [0.25, 0.3) is 0 Å². The number of nitrogens with zero attached hydrogens (tertiary/aromatic N) is 1. The first-order valence-electron chi connectivity index (χ1n) is 9.64. The molecular formula is C24H29NO2S. The lowest BCUT2D eigenvalue weighted by Crippen LogP contribution is -2.43. The van der Waals surface area contributed by atoms with Gasteiger partial charge in [0, 0.05) is 12.5 Å². The van der Waals surface area contributed by atoms with Gasteiger partial charge in [0.05, 0.1) is 10.4 Å². The molecule has 1 fully saturated rings. The van der Waals surface area contributed by atoms with Crippen molar-refractivity contribution in [2.24, 2.45) is 5.92 Å². The summed E-state index contributed by atoms with van der Waals surface area (Å²) in [5.41, 5.74) is 3.83. The SMILES string of the molecule is CC(C)=CC1CN(S(=O)(=O)c2ccc(C)cc2)C(C)(C)/C1=C\c1ccccc1. The normalized spacial score (nSPS) is 21.0. The fraction of sp³-hybridized carbons (Fsp3) is 0.333. The number of hydrogen-bond donors (Lipinski definition) is 0. The zero-order valence-electron chi connectivity index (χ0n) is 17.3. The summed E-state index contributed by atoms with van der Waals surface area (Å²) >= 11 is 0. The van der Waals surface area contributed by atoms with Gasteiger partial charge in [-0.1, -0.05) is 65.8 Å². The summed E-state index contributed by atoms with van der Waals surface area (Å²) in [7, 11) is -3.59. The van der Waals surface area contributed by atoms with Crippen LogP contribution in [0.4, 0.5) is 0 Å². The lowest BCUT2D eigenvalue weighted by atomic mass is 9.87. The fourth-order valence-corrected chi connectivity index (χ4v) is 5.69. The van der Waals surface area contributed by atoms with E-state index in [9.17, 15) is 8.42 Å². The van der Waals surface area contributed by atoms with Crippen molar-refractivity contribution in [3.05, 3.63) is 82.9 Å². The van der Waals surface area contributed by atoms with E-state index in [1.165, 1.54) is 5.57 Å². The molecule has 4 heteroatoms. The van der Waals surface area contributed by atoms with Crippen LogP contribution in [-0.2, 0) is 10.0 Å². The summed E-state index contributed by atoms with van der Waals surface area (Å²) < 4.78 is 28.6. The molecule has 3 rings (SSSR count). The van der Waals surface area contributed by atoms with Crippen molar-refractivity contribution in [2.45, 2.75) is 45.1 Å². The minimum absolute atomic E-state index is 0.0560. The van der Waals surface area contributed by atoms with E-state index in [0.717, 1.165) is 16.7 Å². The lowest BCUT2D eigenvalue weighted by molar-refractivity contribution is 0.322. The van der Waals surface area contributed by atoms with Gasteiger partial charge in [-0.25, -0.2) is 8.42 Å². The van der Waals surface area contributed by atoms with E-state index in [-0.39, 0.29) is 5.92 Å². The number of benzene rings is 2. The fourth-order valence-electron chi connectivity index (χ4n) is 3.90. The van der Waals surface area contributed by atoms with E-state index < -0.39 is 15.6 Å². The van der Waals surface area contributed by atoms with Crippen molar-refractivity contribution in [3.8, 4) is 0 Å². The molecule has 0 saturated carbocycles. The van der Waals surface area contributed by atoms with E-state index in [1.807, 2.05) is 51.1 Å². The van der Waals surface area contributed by atoms with Crippen LogP contribution in [0.15, 0.2) is 76.7 Å². The first-order valence-corrected chi connectivity index (χ1v) is 11.1. The molecule has 0 aliphatic carbocycles. The topological polar surface area (TPSA) is 37.4 Å². The molecule has 0 spiro atoms.